The van der Waals surface area contributed by atoms with Gasteiger partial charge in [0.15, 0.2) is 5.78 Å². The Bertz CT molecular complexity index is 4830. The van der Waals surface area contributed by atoms with Crippen LogP contribution in [-0.4, -0.2) is 283 Å². The summed E-state index contributed by atoms with van der Waals surface area (Å²) in [7, 11) is 0. The van der Waals surface area contributed by atoms with E-state index in [1.807, 2.05) is 21.3 Å². The lowest BCUT2D eigenvalue weighted by atomic mass is 9.79. The Hall–Kier alpha value is -15.0. The summed E-state index contributed by atoms with van der Waals surface area (Å²) >= 11 is 0. The number of nitrogens with one attached hydrogen (secondary N) is 15. The topological polar surface area (TPSA) is 778 Å². The summed E-state index contributed by atoms with van der Waals surface area (Å²) in [5.74, 6) is -33.5. The number of imide groups is 1. The number of ketones is 1. The monoisotopic (exact) mass is 1810 g/mol. The highest BCUT2D eigenvalue weighted by molar-refractivity contribution is 6.06. The maximum atomic E-state index is 15.0. The van der Waals surface area contributed by atoms with Crippen LogP contribution in [0.15, 0.2) is 66.9 Å². The van der Waals surface area contributed by atoms with Gasteiger partial charge < -0.3 is 131 Å². The molecule has 0 radical (unpaired) electrons. The highest BCUT2D eigenvalue weighted by Crippen LogP contribution is 2.35. The highest BCUT2D eigenvalue weighted by atomic mass is 16.7. The molecule has 3 aliphatic rings. The number of aromatic nitrogens is 1. The molecule has 24 N–H and O–H groups in total. The van der Waals surface area contributed by atoms with Crippen molar-refractivity contribution in [3.63, 3.8) is 0 Å². The zero-order valence-corrected chi connectivity index (χ0v) is 70.2. The number of H-pyrrole nitrogens is 1. The molecule has 3 aromatic rings. The van der Waals surface area contributed by atoms with Gasteiger partial charge in [0, 0.05) is 67.5 Å². The third-order valence-corrected chi connectivity index (χ3v) is 20.3. The molecule has 2 saturated heterocycles. The molecule has 2 aromatic carbocycles. The zero-order valence-electron chi connectivity index (χ0n) is 70.2. The van der Waals surface area contributed by atoms with Crippen LogP contribution in [-0.2, 0) is 126 Å². The summed E-state index contributed by atoms with van der Waals surface area (Å²) in [6.45, 7) is 1.01. The number of hydroxylamine groups is 2. The van der Waals surface area contributed by atoms with Crippen LogP contribution in [0.1, 0.15) is 140 Å². The van der Waals surface area contributed by atoms with E-state index in [-0.39, 0.29) is 62.6 Å². The highest BCUT2D eigenvalue weighted by Gasteiger charge is 2.44. The molecule has 2 aliphatic heterocycles. The van der Waals surface area contributed by atoms with Crippen molar-refractivity contribution in [1.82, 2.24) is 84.5 Å². The van der Waals surface area contributed by atoms with E-state index in [0.29, 0.717) is 21.5 Å². The van der Waals surface area contributed by atoms with Gasteiger partial charge in [-0.3, -0.25) is 101 Å². The molecule has 3 heterocycles. The predicted octanol–water partition coefficient (Wildman–Crippen LogP) is -6.86. The van der Waals surface area contributed by atoms with Crippen LogP contribution >= 0.6 is 0 Å². The largest absolute Gasteiger partial charge is 0.481 e. The molecule has 0 spiro atoms. The van der Waals surface area contributed by atoms with Crippen molar-refractivity contribution in [3.05, 3.63) is 78.0 Å². The normalized spacial score (nSPS) is 23.4. The van der Waals surface area contributed by atoms with Gasteiger partial charge in [0.2, 0.25) is 82.7 Å². The number of aliphatic hydroxyl groups excluding tert-OH is 1. The van der Waals surface area contributed by atoms with Gasteiger partial charge in [0.05, 0.1) is 57.2 Å². The van der Waals surface area contributed by atoms with Crippen molar-refractivity contribution in [2.75, 3.05) is 32.0 Å². The number of benzene rings is 2. The van der Waals surface area contributed by atoms with Crippen molar-refractivity contribution in [1.29, 1.82) is 0 Å². The fourth-order valence-corrected chi connectivity index (χ4v) is 13.3. The number of cyclic esters (lactones) is 1. The number of hydrogen-bond acceptors (Lipinski definition) is 29. The maximum Gasteiger partial charge on any atom is 0.407 e. The number of nitrogens with zero attached hydrogens (tertiary/aromatic N) is 1. The number of ether oxygens (including phenoxy) is 2. The number of alkyl carbamates (subject to hydrolysis) is 1. The van der Waals surface area contributed by atoms with E-state index in [0.717, 1.165) is 33.8 Å². The molecule has 6 rings (SSSR count). The molecule has 1 aromatic heterocycles. The summed E-state index contributed by atoms with van der Waals surface area (Å²) in [5.41, 5.74) is 10.8. The summed E-state index contributed by atoms with van der Waals surface area (Å²) in [4.78, 5) is 334. The third-order valence-electron chi connectivity index (χ3n) is 20.3. The molecule has 50 nitrogen and oxygen atoms in total. The number of aromatic amines is 1. The van der Waals surface area contributed by atoms with Gasteiger partial charge >= 0.3 is 41.9 Å². The van der Waals surface area contributed by atoms with Gasteiger partial charge in [-0.2, -0.15) is 0 Å². The van der Waals surface area contributed by atoms with Crippen LogP contribution in [0.2, 0.25) is 0 Å². The number of primary amides is 1. The summed E-state index contributed by atoms with van der Waals surface area (Å²) in [6.07, 6.45) is -8.37. The molecule has 129 heavy (non-hydrogen) atoms. The van der Waals surface area contributed by atoms with Gasteiger partial charge in [-0.15, -0.1) is 5.06 Å². The van der Waals surface area contributed by atoms with Crippen molar-refractivity contribution in [2.45, 2.75) is 210 Å². The quantitative estimate of drug-likeness (QED) is 0.00711. The molecule has 50 heteroatoms. The number of carbonyl (C=O) groups excluding carboxylic acids is 20. The smallest absolute Gasteiger partial charge is 0.407 e. The van der Waals surface area contributed by atoms with Gasteiger partial charge in [-0.25, -0.2) is 14.4 Å². The number of carbonyl (C=O) groups is 24. The van der Waals surface area contributed by atoms with Crippen molar-refractivity contribution >= 4 is 159 Å². The van der Waals surface area contributed by atoms with Crippen molar-refractivity contribution in [3.8, 4) is 0 Å². The number of esters is 1. The lowest BCUT2D eigenvalue weighted by Gasteiger charge is -2.30. The summed E-state index contributed by atoms with van der Waals surface area (Å²) in [6, 6.07) is -11.8. The van der Waals surface area contributed by atoms with Gasteiger partial charge in [0.25, 0.3) is 11.8 Å². The number of fused-ring (bicyclic) bond motifs is 1. The van der Waals surface area contributed by atoms with Crippen molar-refractivity contribution < 1.29 is 155 Å². The maximum absolute atomic E-state index is 15.0. The first-order valence-electron chi connectivity index (χ1n) is 40.2. The number of rotatable bonds is 31. The number of amides is 17. The number of nitrogen functional groups attached to an aromatic ring is 1. The number of aliphatic carboxylic acids is 4. The molecular formula is C79H102N18O32. The number of para-hydroxylation sites is 2. The van der Waals surface area contributed by atoms with Crippen LogP contribution in [0.5, 0.6) is 0 Å². The van der Waals surface area contributed by atoms with Crippen LogP contribution in [0, 0.1) is 11.3 Å². The molecule has 1 aliphatic carbocycles. The molecule has 700 valence electrons. The molecule has 17 amide bonds. The fourth-order valence-electron chi connectivity index (χ4n) is 13.3. The number of carboxylic acid groups (broad SMARTS) is 4. The summed E-state index contributed by atoms with van der Waals surface area (Å²) < 4.78 is 11.3. The van der Waals surface area contributed by atoms with E-state index in [1.165, 1.54) is 37.4 Å². The Morgan fingerprint density at radius 1 is 0.612 bits per heavy atom. The van der Waals surface area contributed by atoms with Crippen LogP contribution in [0.25, 0.3) is 10.9 Å². The zero-order chi connectivity index (χ0) is 95.8. The first-order valence-corrected chi connectivity index (χ1v) is 40.2. The third kappa shape index (κ3) is 32.2. The molecular weight excluding hydrogens is 1710 g/mol. The van der Waals surface area contributed by atoms with Gasteiger partial charge in [-0.05, 0) is 95.1 Å². The molecule has 2 fully saturated rings. The Kier molecular flexibility index (Phi) is 38.6. The molecule has 0 saturated carbocycles. The van der Waals surface area contributed by atoms with Gasteiger partial charge in [0.1, 0.15) is 78.7 Å². The van der Waals surface area contributed by atoms with Crippen LogP contribution < -0.4 is 85.9 Å². The van der Waals surface area contributed by atoms with Crippen LogP contribution in [0.3, 0.4) is 0 Å². The fraction of sp³-hybridized carbons (Fsp3) is 0.494. The lowest BCUT2D eigenvalue weighted by molar-refractivity contribution is -0.205. The minimum absolute atomic E-state index is 0.00437. The van der Waals surface area contributed by atoms with E-state index in [1.54, 1.807) is 30.3 Å². The number of Topliss-reactive ketones (excluding diaryl/α,β-unsaturated/α-hetero) is 1. The average Bonchev–Trinajstić information content (AvgIpc) is 1.74. The van der Waals surface area contributed by atoms with Crippen molar-refractivity contribution in [2.24, 2.45) is 17.1 Å². The average molecular weight is 1820 g/mol. The Morgan fingerprint density at radius 2 is 1.18 bits per heavy atom. The second kappa shape index (κ2) is 48.4. The number of carboxylic acids is 4. The molecule has 15 atom stereocenters. The second-order valence-electron chi connectivity index (χ2n) is 30.6. The standard InChI is InChI=1S/C79H102N18O32/c1-36(25-60(106)107)64-75(123)94-52(27-54(100)43-15-6-8-16-44(43)80)76(124)127-38(3)65(96-72(120)51(31-63(112)113)93-71(119)48(28-55(81)101)91-70(118)47(87-39(4)99)26-40-32-83-45-17-9-7-14-42(40)45)74(122)85-34-56(102)88-46(18-12-24-82-78(126)128-41-13-10-11-22-79(5,23-21-41)77(125)129-97-58(104)19-20-59(97)105)68(116)92-50(30-62(110)111)69(117)86-37(2)66(114)90-49(29-61(108)109)67(115)84-33-57(103)89-53(35-98)73(121)95-64/h6-10,13-17,32,36-38,41,46-53,64-65,83,98H,11-12,18-31,33-35,80H2,1-5H3,(H2,81,101)(H,82,126)(H,84,115)(H,85,122)(H,86,117)(H,87,99)(H,88,102)(H,89,103)(H,90,114)(H,91,118)(H,92,116)(H,93,119)(H,94,123)(H,95,121)(H,96,120)(H,106,107)(H,108,109)(H,110,111)(H,112,113)/b13-10+/t36-,37+,38+,41?,46-,47-,48+,49-,50-,51-,52-,53+,64-,65-,79?/m0/s1. The van der Waals surface area contributed by atoms with E-state index >= 15 is 0 Å². The summed E-state index contributed by atoms with van der Waals surface area (Å²) in [5, 5.41) is 81.3. The number of hydrogen-bond donors (Lipinski definition) is 22. The second-order valence-corrected chi connectivity index (χ2v) is 30.6. The number of nitrogens with two attached hydrogens (primary N) is 2. The first-order chi connectivity index (χ1) is 60.8. The SMILES string of the molecule is CC(=O)N[C@@H](Cc1c[nH]c2ccccc12)C(=O)N[C@H](CC(N)=O)C(=O)N[C@@H](CC(=O)O)C(=O)N[C@@H]1C(=O)NCC(=O)N[C@@H](CCCNC(=O)OC2/C=C/CCC(C)(C(=O)ON3C(=O)CCC3=O)CC2)C(=O)N[C@@H](CC(=O)O)C(=O)N[C@H](C)C(=O)N[C@@H](CC(=O)O)C(=O)NCC(=O)N[C@H](CO)C(=O)N[C@@H]([C@@H](C)CC(=O)O)C(=O)N[C@@H](CC(=O)c2ccccc2N)C(=O)O[C@@H]1C. The first kappa shape index (κ1) is 103. The minimum Gasteiger partial charge on any atom is -0.481 e. The number of aliphatic hydroxyl groups is 1. The number of anilines is 1. The minimum atomic E-state index is -2.54. The van der Waals surface area contributed by atoms with E-state index in [9.17, 15) is 141 Å². The number of allylic oxidation sites excluding steroid dienone is 1. The Labute approximate surface area is 732 Å². The molecule has 2 unspecified atom stereocenters. The van der Waals surface area contributed by atoms with Crippen LogP contribution in [0.4, 0.5) is 10.5 Å². The predicted molar refractivity (Wildman–Crippen MR) is 435 cm³/mol. The Morgan fingerprint density at radius 3 is 1.79 bits per heavy atom. The Balaban J connectivity index is 1.41. The van der Waals surface area contributed by atoms with Gasteiger partial charge in [-0.1, -0.05) is 43.3 Å². The van der Waals surface area contributed by atoms with E-state index < -0.39 is 303 Å². The van der Waals surface area contributed by atoms with E-state index in [4.69, 9.17) is 25.8 Å². The lowest BCUT2D eigenvalue weighted by Crippen LogP contribution is -2.62. The molecule has 0 bridgehead atoms. The van der Waals surface area contributed by atoms with E-state index in [2.05, 4.69) is 58.2 Å².